The average molecular weight is 210 g/mol. The number of hydrogen-bond donors (Lipinski definition) is 1. The fourth-order valence-corrected chi connectivity index (χ4v) is 1.98. The molecule has 0 rings (SSSR count). The first-order valence-corrected chi connectivity index (χ1v) is 5.53. The predicted octanol–water partition coefficient (Wildman–Crippen LogP) is -0.286. The van der Waals surface area contributed by atoms with Crippen LogP contribution in [-0.2, 0) is 10.1 Å². The van der Waals surface area contributed by atoms with Crippen molar-refractivity contribution in [3.05, 3.63) is 0 Å². The molecule has 0 saturated carbocycles. The summed E-state index contributed by atoms with van der Waals surface area (Å²) in [5.41, 5.74) is 0. The van der Waals surface area contributed by atoms with E-state index >= 15 is 0 Å². The van der Waals surface area contributed by atoms with Crippen molar-refractivity contribution in [2.24, 2.45) is 0 Å². The minimum Gasteiger partial charge on any atom is -0.309 e. The van der Waals surface area contributed by atoms with Gasteiger partial charge >= 0.3 is 0 Å². The van der Waals surface area contributed by atoms with Crippen LogP contribution >= 0.6 is 0 Å². The van der Waals surface area contributed by atoms with E-state index in [4.69, 9.17) is 4.55 Å². The van der Waals surface area contributed by atoms with E-state index in [9.17, 15) is 8.42 Å². The molecule has 6 heteroatoms. The largest absolute Gasteiger partial charge is 0.309 e. The fraction of sp³-hybridized carbons (Fsp3) is 1.00. The van der Waals surface area contributed by atoms with Gasteiger partial charge in [-0.15, -0.1) is 0 Å². The highest BCUT2D eigenvalue weighted by atomic mass is 32.2. The lowest BCUT2D eigenvalue weighted by molar-refractivity contribution is 0.292. The Morgan fingerprint density at radius 3 is 1.92 bits per heavy atom. The van der Waals surface area contributed by atoms with E-state index in [0.717, 1.165) is 0 Å². The van der Waals surface area contributed by atoms with Crippen LogP contribution in [0.3, 0.4) is 0 Å². The lowest BCUT2D eigenvalue weighted by atomic mass is 10.4. The molecular weight excluding hydrogens is 192 g/mol. The molecule has 0 aromatic heterocycles. The van der Waals surface area contributed by atoms with Crippen molar-refractivity contribution < 1.29 is 13.0 Å². The molecule has 80 valence electrons. The topological polar surface area (TPSA) is 60.9 Å². The van der Waals surface area contributed by atoms with Crippen LogP contribution in [0.15, 0.2) is 0 Å². The van der Waals surface area contributed by atoms with Gasteiger partial charge in [0.05, 0.1) is 0 Å². The molecule has 0 fully saturated rings. The minimum absolute atomic E-state index is 0.402. The predicted molar refractivity (Wildman–Crippen MR) is 52.2 cm³/mol. The summed E-state index contributed by atoms with van der Waals surface area (Å²) < 4.78 is 30.6. The van der Waals surface area contributed by atoms with Gasteiger partial charge in [0, 0.05) is 6.54 Å². The zero-order valence-corrected chi connectivity index (χ0v) is 9.37. The van der Waals surface area contributed by atoms with E-state index in [1.165, 1.54) is 4.90 Å². The maximum Gasteiger partial charge on any atom is 0.281 e. The van der Waals surface area contributed by atoms with Gasteiger partial charge in [0.25, 0.3) is 10.1 Å². The average Bonchev–Trinajstić information content (AvgIpc) is 1.81. The summed E-state index contributed by atoms with van der Waals surface area (Å²) in [5, 5.41) is -0.810. The Morgan fingerprint density at radius 2 is 1.69 bits per heavy atom. The van der Waals surface area contributed by atoms with Gasteiger partial charge in [0.1, 0.15) is 5.37 Å². The molecule has 0 aliphatic carbocycles. The Balaban J connectivity index is 4.30. The van der Waals surface area contributed by atoms with Crippen LogP contribution in [0, 0.1) is 0 Å². The van der Waals surface area contributed by atoms with Crippen LogP contribution in [0.25, 0.3) is 0 Å². The third-order valence-electron chi connectivity index (χ3n) is 1.74. The van der Waals surface area contributed by atoms with E-state index < -0.39 is 15.5 Å². The smallest absolute Gasteiger partial charge is 0.281 e. The number of rotatable bonds is 5. The van der Waals surface area contributed by atoms with Crippen molar-refractivity contribution in [2.45, 2.75) is 11.8 Å². The monoisotopic (exact) mass is 210 g/mol. The van der Waals surface area contributed by atoms with Gasteiger partial charge < -0.3 is 4.90 Å². The molecule has 0 aliphatic rings. The van der Waals surface area contributed by atoms with Crippen LogP contribution in [0.2, 0.25) is 0 Å². The number of nitrogens with zero attached hydrogens (tertiary/aromatic N) is 2. The van der Waals surface area contributed by atoms with Gasteiger partial charge in [-0.05, 0) is 34.6 Å². The summed E-state index contributed by atoms with van der Waals surface area (Å²) >= 11 is 0. The second-order valence-electron chi connectivity index (χ2n) is 3.53. The van der Waals surface area contributed by atoms with Crippen LogP contribution in [-0.4, -0.2) is 62.9 Å². The molecule has 5 nitrogen and oxygen atoms in total. The second kappa shape index (κ2) is 4.90. The molecule has 0 radical (unpaired) electrons. The summed E-state index contributed by atoms with van der Waals surface area (Å²) in [6.07, 6.45) is 0.402. The van der Waals surface area contributed by atoms with Gasteiger partial charge in [-0.2, -0.15) is 8.42 Å². The number of hydrogen-bond acceptors (Lipinski definition) is 4. The summed E-state index contributed by atoms with van der Waals surface area (Å²) in [5.74, 6) is 0. The first-order valence-electron chi connectivity index (χ1n) is 4.02. The van der Waals surface area contributed by atoms with Gasteiger partial charge in [-0.1, -0.05) is 0 Å². The Hall–Kier alpha value is -0.170. The van der Waals surface area contributed by atoms with E-state index in [1.54, 1.807) is 14.1 Å². The molecule has 0 aromatic carbocycles. The molecule has 1 N–H and O–H groups in total. The Labute approximate surface area is 80.1 Å². The molecule has 0 heterocycles. The molecule has 0 aromatic rings. The zero-order valence-electron chi connectivity index (χ0n) is 8.56. The Bertz CT molecular complexity index is 236. The van der Waals surface area contributed by atoms with Crippen molar-refractivity contribution >= 4 is 10.1 Å². The van der Waals surface area contributed by atoms with E-state index in [1.807, 2.05) is 19.0 Å². The highest BCUT2D eigenvalue weighted by Crippen LogP contribution is 2.07. The maximum absolute atomic E-state index is 10.9. The molecule has 0 aliphatic heterocycles. The van der Waals surface area contributed by atoms with Crippen molar-refractivity contribution in [2.75, 3.05) is 34.7 Å². The SMILES string of the molecule is CN(C)CCC(N(C)C)S(=O)(=O)O. The molecule has 1 unspecified atom stereocenters. The molecule has 0 spiro atoms. The Morgan fingerprint density at radius 1 is 1.23 bits per heavy atom. The highest BCUT2D eigenvalue weighted by Gasteiger charge is 2.24. The van der Waals surface area contributed by atoms with Gasteiger partial charge in [0.15, 0.2) is 0 Å². The summed E-state index contributed by atoms with van der Waals surface area (Å²) in [6, 6.07) is 0. The van der Waals surface area contributed by atoms with Crippen molar-refractivity contribution in [3.63, 3.8) is 0 Å². The minimum atomic E-state index is -3.96. The first-order chi connectivity index (χ1) is 5.75. The maximum atomic E-state index is 10.9. The Kier molecular flexibility index (Phi) is 4.83. The standard InChI is InChI=1S/C7H18N2O3S/c1-8(2)6-5-7(9(3)4)13(10,11)12/h7H,5-6H2,1-4H3,(H,10,11,12). The fourth-order valence-electron chi connectivity index (χ4n) is 1.04. The molecule has 0 amide bonds. The van der Waals surface area contributed by atoms with Crippen LogP contribution in [0.1, 0.15) is 6.42 Å². The van der Waals surface area contributed by atoms with Crippen molar-refractivity contribution in [1.29, 1.82) is 0 Å². The van der Waals surface area contributed by atoms with Gasteiger partial charge in [-0.25, -0.2) is 0 Å². The summed E-state index contributed by atoms with van der Waals surface area (Å²) in [6.45, 7) is 0.628. The summed E-state index contributed by atoms with van der Waals surface area (Å²) in [7, 11) is 3.02. The molecule has 1 atom stereocenters. The van der Waals surface area contributed by atoms with Crippen LogP contribution in [0.4, 0.5) is 0 Å². The molecule has 0 saturated heterocycles. The molecular formula is C7H18N2O3S. The third-order valence-corrected chi connectivity index (χ3v) is 3.09. The third kappa shape index (κ3) is 5.20. The van der Waals surface area contributed by atoms with Crippen molar-refractivity contribution in [3.8, 4) is 0 Å². The second-order valence-corrected chi connectivity index (χ2v) is 5.10. The lowest BCUT2D eigenvalue weighted by Gasteiger charge is -2.22. The van der Waals surface area contributed by atoms with E-state index in [0.29, 0.717) is 13.0 Å². The van der Waals surface area contributed by atoms with E-state index in [-0.39, 0.29) is 0 Å². The quantitative estimate of drug-likeness (QED) is 0.632. The molecule has 0 bridgehead atoms. The normalized spacial score (nSPS) is 15.3. The van der Waals surface area contributed by atoms with E-state index in [2.05, 4.69) is 0 Å². The first kappa shape index (κ1) is 12.8. The zero-order chi connectivity index (χ0) is 10.6. The van der Waals surface area contributed by atoms with Crippen LogP contribution < -0.4 is 0 Å². The van der Waals surface area contributed by atoms with Gasteiger partial charge in [0.2, 0.25) is 0 Å². The summed E-state index contributed by atoms with van der Waals surface area (Å²) in [4.78, 5) is 3.38. The molecule has 13 heavy (non-hydrogen) atoms. The highest BCUT2D eigenvalue weighted by molar-refractivity contribution is 7.86. The van der Waals surface area contributed by atoms with Crippen LogP contribution in [0.5, 0.6) is 0 Å². The lowest BCUT2D eigenvalue weighted by Crippen LogP contribution is -2.37. The van der Waals surface area contributed by atoms with Gasteiger partial charge in [-0.3, -0.25) is 9.45 Å². The van der Waals surface area contributed by atoms with Crippen molar-refractivity contribution in [1.82, 2.24) is 9.80 Å².